The molecule has 2 nitrogen and oxygen atoms in total. The minimum absolute atomic E-state index is 0.235. The summed E-state index contributed by atoms with van der Waals surface area (Å²) in [5.74, 6) is -0.235. The first-order valence-electron chi connectivity index (χ1n) is 6.61. The fourth-order valence-electron chi connectivity index (χ4n) is 2.57. The number of hydrogen-bond donors (Lipinski definition) is 2. The van der Waals surface area contributed by atoms with Crippen molar-refractivity contribution in [1.82, 2.24) is 9.97 Å². The predicted octanol–water partition coefficient (Wildman–Crippen LogP) is 2.80. The maximum atomic E-state index is 13.5. The standard InChI is InChI=1S/C17H17FN2/c1-9-10(2)17(19-11(9)3)8-14-12(4)20-16-6-5-13(18)7-15(14)16/h5-8,19-20H,4H2,1-3H3/b14-8+. The van der Waals surface area contributed by atoms with Crippen molar-refractivity contribution in [2.75, 3.05) is 0 Å². The summed E-state index contributed by atoms with van der Waals surface area (Å²) in [6.07, 6.45) is 2.04. The Balaban J connectivity index is 2.36. The van der Waals surface area contributed by atoms with Gasteiger partial charge in [0.05, 0.1) is 0 Å². The van der Waals surface area contributed by atoms with E-state index in [4.69, 9.17) is 0 Å². The van der Waals surface area contributed by atoms with Gasteiger partial charge < -0.3 is 9.97 Å². The van der Waals surface area contributed by atoms with E-state index in [9.17, 15) is 4.39 Å². The average molecular weight is 268 g/mol. The Labute approximate surface area is 116 Å². The Morgan fingerprint density at radius 1 is 1.10 bits per heavy atom. The zero-order valence-corrected chi connectivity index (χ0v) is 11.9. The molecule has 0 amide bonds. The van der Waals surface area contributed by atoms with Crippen LogP contribution in [0.15, 0.2) is 18.2 Å². The molecule has 2 aromatic heterocycles. The lowest BCUT2D eigenvalue weighted by Gasteiger charge is -1.93. The summed E-state index contributed by atoms with van der Waals surface area (Å²) in [6.45, 7) is 10.3. The van der Waals surface area contributed by atoms with Crippen LogP contribution in [-0.4, -0.2) is 9.97 Å². The summed E-state index contributed by atoms with van der Waals surface area (Å²) >= 11 is 0. The van der Waals surface area contributed by atoms with Crippen molar-refractivity contribution in [2.24, 2.45) is 0 Å². The minimum Gasteiger partial charge on any atom is -0.359 e. The smallest absolute Gasteiger partial charge is 0.123 e. The highest BCUT2D eigenvalue weighted by molar-refractivity contribution is 5.82. The van der Waals surface area contributed by atoms with E-state index in [2.05, 4.69) is 37.3 Å². The van der Waals surface area contributed by atoms with E-state index >= 15 is 0 Å². The number of nitrogens with one attached hydrogen (secondary N) is 2. The minimum atomic E-state index is -0.235. The molecule has 0 radical (unpaired) electrons. The molecular formula is C17H17FN2. The molecule has 0 spiro atoms. The van der Waals surface area contributed by atoms with Crippen LogP contribution in [0.1, 0.15) is 22.5 Å². The summed E-state index contributed by atoms with van der Waals surface area (Å²) in [5, 5.41) is 2.60. The number of fused-ring (bicyclic) bond motifs is 1. The third kappa shape index (κ3) is 1.86. The monoisotopic (exact) mass is 268 g/mol. The topological polar surface area (TPSA) is 31.6 Å². The van der Waals surface area contributed by atoms with Crippen LogP contribution < -0.4 is 10.6 Å². The largest absolute Gasteiger partial charge is 0.359 e. The first-order valence-corrected chi connectivity index (χ1v) is 6.61. The Bertz CT molecular complexity index is 913. The van der Waals surface area contributed by atoms with Gasteiger partial charge in [0, 0.05) is 32.9 Å². The summed E-state index contributed by atoms with van der Waals surface area (Å²) in [7, 11) is 0. The molecule has 0 atom stereocenters. The van der Waals surface area contributed by atoms with Crippen molar-refractivity contribution in [2.45, 2.75) is 20.8 Å². The molecule has 0 fully saturated rings. The zero-order chi connectivity index (χ0) is 14.4. The Kier molecular flexibility index (Phi) is 2.78. The van der Waals surface area contributed by atoms with Gasteiger partial charge in [-0.05, 0) is 56.2 Å². The summed E-state index contributed by atoms with van der Waals surface area (Å²) in [5.41, 5.74) is 5.58. The number of benzene rings is 1. The lowest BCUT2D eigenvalue weighted by Crippen LogP contribution is -2.21. The molecule has 2 heterocycles. The van der Waals surface area contributed by atoms with E-state index in [0.29, 0.717) is 0 Å². The zero-order valence-electron chi connectivity index (χ0n) is 11.9. The van der Waals surface area contributed by atoms with Crippen molar-refractivity contribution in [3.8, 4) is 0 Å². The number of hydrogen-bond acceptors (Lipinski definition) is 0. The highest BCUT2D eigenvalue weighted by atomic mass is 19.1. The van der Waals surface area contributed by atoms with Crippen molar-refractivity contribution < 1.29 is 4.39 Å². The number of aryl methyl sites for hydroxylation is 1. The van der Waals surface area contributed by atoms with Crippen molar-refractivity contribution in [3.05, 3.63) is 57.1 Å². The van der Waals surface area contributed by atoms with Gasteiger partial charge in [-0.3, -0.25) is 0 Å². The molecular weight excluding hydrogens is 251 g/mol. The third-order valence-corrected chi connectivity index (χ3v) is 4.02. The van der Waals surface area contributed by atoms with E-state index in [1.54, 1.807) is 12.1 Å². The summed E-state index contributed by atoms with van der Waals surface area (Å²) < 4.78 is 13.5. The second-order valence-corrected chi connectivity index (χ2v) is 5.27. The average Bonchev–Trinajstić information content (AvgIpc) is 2.83. The predicted molar refractivity (Wildman–Crippen MR) is 81.6 cm³/mol. The van der Waals surface area contributed by atoms with Crippen LogP contribution in [0.4, 0.5) is 4.39 Å². The lowest BCUT2D eigenvalue weighted by atomic mass is 10.1. The molecule has 3 aromatic rings. The van der Waals surface area contributed by atoms with E-state index in [-0.39, 0.29) is 5.82 Å². The van der Waals surface area contributed by atoms with Crippen LogP contribution in [-0.2, 0) is 0 Å². The van der Waals surface area contributed by atoms with Gasteiger partial charge >= 0.3 is 0 Å². The van der Waals surface area contributed by atoms with Gasteiger partial charge in [-0.25, -0.2) is 4.39 Å². The van der Waals surface area contributed by atoms with Crippen LogP contribution in [0.2, 0.25) is 0 Å². The van der Waals surface area contributed by atoms with Gasteiger partial charge in [0.25, 0.3) is 0 Å². The number of halogens is 1. The first-order chi connectivity index (χ1) is 9.47. The van der Waals surface area contributed by atoms with E-state index in [1.807, 2.05) is 6.08 Å². The summed E-state index contributed by atoms with van der Waals surface area (Å²) in [4.78, 5) is 6.56. The molecule has 0 aliphatic heterocycles. The molecule has 0 saturated heterocycles. The highest BCUT2D eigenvalue weighted by Crippen LogP contribution is 2.17. The van der Waals surface area contributed by atoms with Gasteiger partial charge in [0.15, 0.2) is 0 Å². The van der Waals surface area contributed by atoms with E-state index < -0.39 is 0 Å². The Morgan fingerprint density at radius 3 is 2.50 bits per heavy atom. The molecule has 20 heavy (non-hydrogen) atoms. The number of rotatable bonds is 1. The highest BCUT2D eigenvalue weighted by Gasteiger charge is 2.07. The molecule has 0 bridgehead atoms. The number of aromatic nitrogens is 2. The van der Waals surface area contributed by atoms with Crippen LogP contribution in [0.3, 0.4) is 0 Å². The summed E-state index contributed by atoms with van der Waals surface area (Å²) in [6, 6.07) is 4.75. The van der Waals surface area contributed by atoms with Crippen molar-refractivity contribution in [3.63, 3.8) is 0 Å². The van der Waals surface area contributed by atoms with Crippen LogP contribution in [0.5, 0.6) is 0 Å². The SMILES string of the molecule is C=c1[nH]c2ccc(F)cc2/c1=C/c1[nH]c(C)c(C)c1C. The molecule has 102 valence electrons. The molecule has 1 aromatic carbocycles. The molecule has 0 unspecified atom stereocenters. The normalized spacial score (nSPS) is 12.5. The van der Waals surface area contributed by atoms with E-state index in [0.717, 1.165) is 32.9 Å². The molecule has 0 aliphatic carbocycles. The second-order valence-electron chi connectivity index (χ2n) is 5.27. The Morgan fingerprint density at radius 2 is 1.85 bits per heavy atom. The van der Waals surface area contributed by atoms with Crippen LogP contribution in [0.25, 0.3) is 23.6 Å². The molecule has 3 rings (SSSR count). The van der Waals surface area contributed by atoms with Crippen LogP contribution >= 0.6 is 0 Å². The molecule has 2 N–H and O–H groups in total. The third-order valence-electron chi connectivity index (χ3n) is 4.02. The van der Waals surface area contributed by atoms with Gasteiger partial charge in [0.1, 0.15) is 5.82 Å². The van der Waals surface area contributed by atoms with E-state index in [1.165, 1.54) is 17.2 Å². The Hall–Kier alpha value is -2.29. The fraction of sp³-hybridized carbons (Fsp3) is 0.176. The van der Waals surface area contributed by atoms with Gasteiger partial charge in [0.2, 0.25) is 0 Å². The second kappa shape index (κ2) is 4.37. The number of H-pyrrole nitrogens is 2. The fourth-order valence-corrected chi connectivity index (χ4v) is 2.57. The maximum absolute atomic E-state index is 13.5. The van der Waals surface area contributed by atoms with Crippen molar-refractivity contribution in [1.29, 1.82) is 0 Å². The van der Waals surface area contributed by atoms with Gasteiger partial charge in [-0.15, -0.1) is 0 Å². The van der Waals surface area contributed by atoms with Crippen LogP contribution in [0, 0.1) is 26.6 Å². The van der Waals surface area contributed by atoms with Gasteiger partial charge in [-0.1, -0.05) is 6.58 Å². The lowest BCUT2D eigenvalue weighted by molar-refractivity contribution is 0.629. The van der Waals surface area contributed by atoms with Crippen molar-refractivity contribution >= 4 is 23.6 Å². The first kappa shape index (κ1) is 12.7. The molecule has 3 heteroatoms. The molecule has 0 saturated carbocycles. The number of aromatic amines is 2. The quantitative estimate of drug-likeness (QED) is 0.680. The maximum Gasteiger partial charge on any atom is 0.123 e. The molecule has 0 aliphatic rings. The van der Waals surface area contributed by atoms with Gasteiger partial charge in [-0.2, -0.15) is 0 Å².